The minimum Gasteiger partial charge on any atom is -0.480 e. The average molecular weight is 507 g/mol. The van der Waals surface area contributed by atoms with Crippen LogP contribution in [0, 0.1) is 6.92 Å². The number of carbonyl (C=O) groups is 1. The number of aryl methyl sites for hydroxylation is 1. The van der Waals surface area contributed by atoms with Gasteiger partial charge in [0.05, 0.1) is 22.8 Å². The van der Waals surface area contributed by atoms with E-state index in [1.165, 1.54) is 6.20 Å². The summed E-state index contributed by atoms with van der Waals surface area (Å²) in [5.74, 6) is -0.127. The molecule has 10 nitrogen and oxygen atoms in total. The molecule has 0 radical (unpaired) electrons. The lowest BCUT2D eigenvalue weighted by molar-refractivity contribution is -0.138. The number of amidine groups is 1. The summed E-state index contributed by atoms with van der Waals surface area (Å²) >= 11 is 6.03. The Labute approximate surface area is 210 Å². The Morgan fingerprint density at radius 2 is 2.11 bits per heavy atom. The van der Waals surface area contributed by atoms with Crippen LogP contribution < -0.4 is 16.2 Å². The molecule has 11 heteroatoms. The van der Waals surface area contributed by atoms with Gasteiger partial charge < -0.3 is 30.8 Å². The van der Waals surface area contributed by atoms with E-state index in [-0.39, 0.29) is 18.6 Å². The van der Waals surface area contributed by atoms with Gasteiger partial charge in [-0.1, -0.05) is 23.7 Å². The molecule has 5 rings (SSSR count). The molecule has 0 saturated carbocycles. The van der Waals surface area contributed by atoms with Crippen molar-refractivity contribution < 1.29 is 15.0 Å². The molecule has 184 valence electrons. The van der Waals surface area contributed by atoms with Gasteiger partial charge in [-0.25, -0.2) is 9.78 Å². The van der Waals surface area contributed by atoms with Crippen LogP contribution in [0.4, 0.5) is 5.69 Å². The number of carboxylic acid groups (broad SMARTS) is 1. The zero-order valence-electron chi connectivity index (χ0n) is 19.2. The second-order valence-electron chi connectivity index (χ2n) is 8.53. The SMILES string of the molecule is Cc1cc(C2=N[C@H](C(=O)O)CN2)cc2[nH]c(-c3c(NC[C@H](O)c4cccc(Cl)c4)cc[nH]c3=O)nc12. The van der Waals surface area contributed by atoms with E-state index in [4.69, 9.17) is 11.6 Å². The van der Waals surface area contributed by atoms with Crippen LogP contribution in [0.15, 0.2) is 58.4 Å². The fraction of sp³-hybridized carbons (Fsp3) is 0.200. The molecular weight excluding hydrogens is 484 g/mol. The number of aliphatic hydroxyl groups excluding tert-OH is 1. The van der Waals surface area contributed by atoms with E-state index in [1.54, 1.807) is 30.3 Å². The number of hydrogen-bond donors (Lipinski definition) is 6. The van der Waals surface area contributed by atoms with E-state index in [1.807, 2.05) is 19.1 Å². The molecule has 0 spiro atoms. The lowest BCUT2D eigenvalue weighted by Crippen LogP contribution is -2.26. The summed E-state index contributed by atoms with van der Waals surface area (Å²) in [5, 5.41) is 26.5. The predicted octanol–water partition coefficient (Wildman–Crippen LogP) is 2.83. The quantitative estimate of drug-likeness (QED) is 0.225. The molecule has 36 heavy (non-hydrogen) atoms. The Bertz CT molecular complexity index is 1560. The van der Waals surface area contributed by atoms with Gasteiger partial charge in [0.1, 0.15) is 17.2 Å². The number of pyridine rings is 1. The fourth-order valence-corrected chi connectivity index (χ4v) is 4.40. The topological polar surface area (TPSA) is 155 Å². The predicted molar refractivity (Wildman–Crippen MR) is 138 cm³/mol. The van der Waals surface area contributed by atoms with Gasteiger partial charge >= 0.3 is 5.97 Å². The number of fused-ring (bicyclic) bond motifs is 1. The molecule has 1 aliphatic rings. The number of anilines is 1. The van der Waals surface area contributed by atoms with Crippen LogP contribution in [0.1, 0.15) is 22.8 Å². The van der Waals surface area contributed by atoms with Crippen LogP contribution in [0.3, 0.4) is 0 Å². The molecule has 0 saturated heterocycles. The van der Waals surface area contributed by atoms with Crippen LogP contribution >= 0.6 is 11.6 Å². The average Bonchev–Trinajstić information content (AvgIpc) is 3.50. The Hall–Kier alpha value is -4.15. The Morgan fingerprint density at radius 1 is 1.28 bits per heavy atom. The minimum absolute atomic E-state index is 0.149. The number of aliphatic carboxylic acids is 1. The maximum absolute atomic E-state index is 12.8. The molecule has 3 heterocycles. The zero-order chi connectivity index (χ0) is 25.4. The summed E-state index contributed by atoms with van der Waals surface area (Å²) in [6, 6.07) is 11.5. The first-order valence-electron chi connectivity index (χ1n) is 11.2. The van der Waals surface area contributed by atoms with E-state index in [9.17, 15) is 19.8 Å². The molecule has 2 atom stereocenters. The third-order valence-electron chi connectivity index (χ3n) is 6.00. The molecule has 2 aromatic carbocycles. The second-order valence-corrected chi connectivity index (χ2v) is 8.97. The number of nitrogens with one attached hydrogen (secondary N) is 4. The van der Waals surface area contributed by atoms with Crippen molar-refractivity contribution in [3.8, 4) is 11.4 Å². The van der Waals surface area contributed by atoms with E-state index in [0.29, 0.717) is 44.5 Å². The van der Waals surface area contributed by atoms with Gasteiger partial charge in [0.25, 0.3) is 5.56 Å². The molecule has 2 aromatic heterocycles. The summed E-state index contributed by atoms with van der Waals surface area (Å²) in [6.07, 6.45) is 0.681. The first kappa shape index (κ1) is 23.6. The van der Waals surface area contributed by atoms with Crippen molar-refractivity contribution in [3.05, 3.63) is 80.7 Å². The van der Waals surface area contributed by atoms with Crippen molar-refractivity contribution in [2.45, 2.75) is 19.1 Å². The van der Waals surface area contributed by atoms with E-state index >= 15 is 0 Å². The van der Waals surface area contributed by atoms with Crippen LogP contribution in [0.25, 0.3) is 22.4 Å². The Balaban J connectivity index is 1.47. The maximum Gasteiger partial charge on any atom is 0.330 e. The highest BCUT2D eigenvalue weighted by Gasteiger charge is 2.25. The highest BCUT2D eigenvalue weighted by Crippen LogP contribution is 2.28. The Morgan fingerprint density at radius 3 is 2.86 bits per heavy atom. The summed E-state index contributed by atoms with van der Waals surface area (Å²) in [5.41, 5.74) is 4.03. The molecule has 0 amide bonds. The van der Waals surface area contributed by atoms with Crippen molar-refractivity contribution in [3.63, 3.8) is 0 Å². The highest BCUT2D eigenvalue weighted by atomic mass is 35.5. The summed E-state index contributed by atoms with van der Waals surface area (Å²) < 4.78 is 0. The van der Waals surface area contributed by atoms with E-state index in [2.05, 4.69) is 30.6 Å². The second kappa shape index (κ2) is 9.48. The van der Waals surface area contributed by atoms with Gasteiger partial charge in [-0.3, -0.25) is 9.79 Å². The number of rotatable bonds is 7. The number of carboxylic acids is 1. The van der Waals surface area contributed by atoms with Crippen molar-refractivity contribution >= 4 is 40.1 Å². The third-order valence-corrected chi connectivity index (χ3v) is 6.24. The number of nitrogens with zero attached hydrogens (tertiary/aromatic N) is 2. The largest absolute Gasteiger partial charge is 0.480 e. The van der Waals surface area contributed by atoms with Crippen molar-refractivity contribution in [1.82, 2.24) is 20.3 Å². The van der Waals surface area contributed by atoms with Gasteiger partial charge in [0, 0.05) is 29.9 Å². The van der Waals surface area contributed by atoms with E-state index in [0.717, 1.165) is 11.1 Å². The number of benzene rings is 2. The molecular formula is C25H23ClN6O4. The number of aromatic amines is 2. The number of H-pyrrole nitrogens is 2. The number of aliphatic hydroxyl groups is 1. The number of imidazole rings is 1. The van der Waals surface area contributed by atoms with Crippen LogP contribution in [-0.2, 0) is 4.79 Å². The smallest absolute Gasteiger partial charge is 0.330 e. The zero-order valence-corrected chi connectivity index (χ0v) is 19.9. The minimum atomic E-state index is -0.983. The van der Waals surface area contributed by atoms with Gasteiger partial charge in [0.15, 0.2) is 6.04 Å². The number of hydrogen-bond acceptors (Lipinski definition) is 7. The number of aromatic nitrogens is 3. The van der Waals surface area contributed by atoms with Crippen molar-refractivity contribution in [1.29, 1.82) is 0 Å². The van der Waals surface area contributed by atoms with E-state index < -0.39 is 18.1 Å². The fourth-order valence-electron chi connectivity index (χ4n) is 4.20. The van der Waals surface area contributed by atoms with Gasteiger partial charge in [-0.15, -0.1) is 0 Å². The normalized spacial score (nSPS) is 16.0. The molecule has 1 aliphatic heterocycles. The molecule has 0 unspecified atom stereocenters. The number of halogens is 1. The third kappa shape index (κ3) is 4.56. The summed E-state index contributed by atoms with van der Waals surface area (Å²) in [6.45, 7) is 2.26. The van der Waals surface area contributed by atoms with Crippen LogP contribution in [0.5, 0.6) is 0 Å². The lowest BCUT2D eigenvalue weighted by atomic mass is 10.1. The molecule has 0 bridgehead atoms. The standard InChI is InChI=1S/C25H23ClN6O4/c1-12-7-14(22-29-10-18(31-22)25(35)36)9-17-21(12)32-23(30-17)20-16(5-6-27-24(20)34)28-11-19(33)13-3-2-4-15(26)8-13/h2-9,18-19,33H,10-11H2,1H3,(H,29,31)(H,30,32)(H,35,36)(H2,27,28,34)/t18-,19-/m0/s1. The van der Waals surface area contributed by atoms with Crippen molar-refractivity contribution in [2.75, 3.05) is 18.4 Å². The van der Waals surface area contributed by atoms with Gasteiger partial charge in [-0.2, -0.15) is 0 Å². The lowest BCUT2D eigenvalue weighted by Gasteiger charge is -2.15. The molecule has 0 fully saturated rings. The molecule has 4 aromatic rings. The monoisotopic (exact) mass is 506 g/mol. The molecule has 6 N–H and O–H groups in total. The summed E-state index contributed by atoms with van der Waals surface area (Å²) in [7, 11) is 0. The summed E-state index contributed by atoms with van der Waals surface area (Å²) in [4.78, 5) is 38.9. The highest BCUT2D eigenvalue weighted by molar-refractivity contribution is 6.30. The van der Waals surface area contributed by atoms with Crippen LogP contribution in [-0.4, -0.2) is 56.1 Å². The number of aliphatic imine (C=N–C) groups is 1. The first-order chi connectivity index (χ1) is 17.3. The van der Waals surface area contributed by atoms with Gasteiger partial charge in [0.2, 0.25) is 0 Å². The van der Waals surface area contributed by atoms with Gasteiger partial charge in [-0.05, 0) is 48.4 Å². The maximum atomic E-state index is 12.8. The molecule has 0 aliphatic carbocycles. The Kier molecular flexibility index (Phi) is 6.21. The van der Waals surface area contributed by atoms with Crippen LogP contribution in [0.2, 0.25) is 5.02 Å². The van der Waals surface area contributed by atoms with Crippen molar-refractivity contribution in [2.24, 2.45) is 4.99 Å². The first-order valence-corrected chi connectivity index (χ1v) is 11.6.